The number of benzene rings is 1. The molecule has 18 heavy (non-hydrogen) atoms. The third kappa shape index (κ3) is 3.74. The van der Waals surface area contributed by atoms with E-state index in [1.807, 2.05) is 6.07 Å². The smallest absolute Gasteiger partial charge is 0.309 e. The molecule has 0 amide bonds. The highest BCUT2D eigenvalue weighted by Crippen LogP contribution is 2.23. The molecule has 0 aromatic heterocycles. The first kappa shape index (κ1) is 14.5. The van der Waals surface area contributed by atoms with Gasteiger partial charge in [-0.3, -0.25) is 4.79 Å². The number of nitrogens with one attached hydrogen (secondary N) is 1. The van der Waals surface area contributed by atoms with E-state index in [-0.39, 0.29) is 0 Å². The molecular formula is C13H15BrN2O2. The first-order chi connectivity index (χ1) is 8.36. The zero-order valence-corrected chi connectivity index (χ0v) is 11.9. The molecule has 0 unspecified atom stereocenters. The van der Waals surface area contributed by atoms with Crippen LogP contribution in [0.3, 0.4) is 0 Å². The second kappa shape index (κ2) is 5.87. The number of carboxylic acid groups (broad SMARTS) is 1. The predicted molar refractivity (Wildman–Crippen MR) is 73.4 cm³/mol. The highest BCUT2D eigenvalue weighted by molar-refractivity contribution is 9.10. The molecule has 1 aromatic rings. The van der Waals surface area contributed by atoms with Gasteiger partial charge < -0.3 is 10.4 Å². The summed E-state index contributed by atoms with van der Waals surface area (Å²) in [6.45, 7) is 3.88. The minimum Gasteiger partial charge on any atom is -0.481 e. The summed E-state index contributed by atoms with van der Waals surface area (Å²) in [6.07, 6.45) is 0.489. The first-order valence-electron chi connectivity index (χ1n) is 5.54. The van der Waals surface area contributed by atoms with Gasteiger partial charge in [-0.2, -0.15) is 5.26 Å². The van der Waals surface area contributed by atoms with E-state index in [9.17, 15) is 4.79 Å². The molecule has 5 heteroatoms. The minimum absolute atomic E-state index is 0.489. The zero-order valence-electron chi connectivity index (χ0n) is 10.3. The number of halogens is 1. The van der Waals surface area contributed by atoms with Gasteiger partial charge >= 0.3 is 5.97 Å². The van der Waals surface area contributed by atoms with Crippen LogP contribution in [0.4, 0.5) is 5.69 Å². The van der Waals surface area contributed by atoms with Crippen LogP contribution in [0, 0.1) is 16.7 Å². The van der Waals surface area contributed by atoms with Crippen molar-refractivity contribution < 1.29 is 9.90 Å². The highest BCUT2D eigenvalue weighted by atomic mass is 79.9. The maximum atomic E-state index is 10.9. The first-order valence-corrected chi connectivity index (χ1v) is 6.33. The molecule has 0 bridgehead atoms. The average molecular weight is 311 g/mol. The van der Waals surface area contributed by atoms with Crippen molar-refractivity contribution in [1.29, 1.82) is 5.26 Å². The molecule has 96 valence electrons. The standard InChI is InChI=1S/C13H15BrN2O2/c1-13(2,12(17)18)5-6-16-11-4-3-10(14)7-9(11)8-15/h3-4,7,16H,5-6H2,1-2H3,(H,17,18). The van der Waals surface area contributed by atoms with E-state index in [0.717, 1.165) is 10.2 Å². The summed E-state index contributed by atoms with van der Waals surface area (Å²) in [6, 6.07) is 7.47. The van der Waals surface area contributed by atoms with E-state index in [4.69, 9.17) is 10.4 Å². The molecular weight excluding hydrogens is 296 g/mol. The Labute approximate surface area is 115 Å². The molecule has 0 spiro atoms. The maximum Gasteiger partial charge on any atom is 0.309 e. The number of anilines is 1. The van der Waals surface area contributed by atoms with E-state index >= 15 is 0 Å². The van der Waals surface area contributed by atoms with Crippen molar-refractivity contribution in [3.05, 3.63) is 28.2 Å². The molecule has 1 rings (SSSR count). The monoisotopic (exact) mass is 310 g/mol. The van der Waals surface area contributed by atoms with Crippen LogP contribution in [-0.2, 0) is 4.79 Å². The summed E-state index contributed by atoms with van der Waals surface area (Å²) < 4.78 is 0.843. The molecule has 0 saturated heterocycles. The Morgan fingerprint density at radius 3 is 2.78 bits per heavy atom. The molecule has 4 nitrogen and oxygen atoms in total. The molecule has 0 atom stereocenters. The molecule has 1 aromatic carbocycles. The lowest BCUT2D eigenvalue weighted by atomic mass is 9.89. The van der Waals surface area contributed by atoms with Crippen molar-refractivity contribution in [2.24, 2.45) is 5.41 Å². The van der Waals surface area contributed by atoms with Gasteiger partial charge in [0, 0.05) is 11.0 Å². The van der Waals surface area contributed by atoms with E-state index in [1.54, 1.807) is 26.0 Å². The lowest BCUT2D eigenvalue weighted by Crippen LogP contribution is -2.26. The Balaban J connectivity index is 2.65. The van der Waals surface area contributed by atoms with Crippen molar-refractivity contribution in [3.8, 4) is 6.07 Å². The van der Waals surface area contributed by atoms with Gasteiger partial charge in [-0.15, -0.1) is 0 Å². The molecule has 0 aliphatic rings. The molecule has 0 heterocycles. The lowest BCUT2D eigenvalue weighted by molar-refractivity contribution is -0.147. The normalized spacial score (nSPS) is 10.8. The number of nitrogens with zero attached hydrogens (tertiary/aromatic N) is 1. The van der Waals surface area contributed by atoms with Crippen molar-refractivity contribution in [2.45, 2.75) is 20.3 Å². The van der Waals surface area contributed by atoms with Gasteiger partial charge in [0.05, 0.1) is 16.7 Å². The summed E-state index contributed by atoms with van der Waals surface area (Å²) in [4.78, 5) is 10.9. The average Bonchev–Trinajstić information content (AvgIpc) is 2.30. The summed E-state index contributed by atoms with van der Waals surface area (Å²) >= 11 is 3.30. The van der Waals surface area contributed by atoms with Crippen LogP contribution >= 0.6 is 15.9 Å². The number of carboxylic acids is 1. The third-order valence-corrected chi connectivity index (χ3v) is 3.24. The van der Waals surface area contributed by atoms with E-state index < -0.39 is 11.4 Å². The number of carbonyl (C=O) groups is 1. The Kier molecular flexibility index (Phi) is 4.74. The summed E-state index contributed by atoms with van der Waals surface area (Å²) in [5.41, 5.74) is 0.495. The van der Waals surface area contributed by atoms with Gasteiger partial charge in [0.2, 0.25) is 0 Å². The van der Waals surface area contributed by atoms with Crippen LogP contribution in [0.15, 0.2) is 22.7 Å². The van der Waals surface area contributed by atoms with Crippen LogP contribution in [-0.4, -0.2) is 17.6 Å². The SMILES string of the molecule is CC(C)(CCNc1ccc(Br)cc1C#N)C(=O)O. The fourth-order valence-electron chi connectivity index (χ4n) is 1.38. The Hall–Kier alpha value is -1.54. The number of hydrogen-bond acceptors (Lipinski definition) is 3. The maximum absolute atomic E-state index is 10.9. The van der Waals surface area contributed by atoms with Crippen molar-refractivity contribution in [1.82, 2.24) is 0 Å². The van der Waals surface area contributed by atoms with E-state index in [0.29, 0.717) is 18.5 Å². The Morgan fingerprint density at radius 2 is 2.22 bits per heavy atom. The summed E-state index contributed by atoms with van der Waals surface area (Å²) in [5, 5.41) is 21.1. The summed E-state index contributed by atoms with van der Waals surface area (Å²) in [7, 11) is 0. The second-order valence-corrected chi connectivity index (χ2v) is 5.58. The van der Waals surface area contributed by atoms with Crippen LogP contribution < -0.4 is 5.32 Å². The third-order valence-electron chi connectivity index (χ3n) is 2.75. The summed E-state index contributed by atoms with van der Waals surface area (Å²) in [5.74, 6) is -0.819. The Bertz CT molecular complexity index is 492. The topological polar surface area (TPSA) is 73.1 Å². The molecule has 0 fully saturated rings. The van der Waals surface area contributed by atoms with Gasteiger partial charge in [0.15, 0.2) is 0 Å². The lowest BCUT2D eigenvalue weighted by Gasteiger charge is -2.19. The number of aliphatic carboxylic acids is 1. The van der Waals surface area contributed by atoms with Gasteiger partial charge in [0.25, 0.3) is 0 Å². The molecule has 0 radical (unpaired) electrons. The van der Waals surface area contributed by atoms with Gasteiger partial charge in [-0.25, -0.2) is 0 Å². The van der Waals surface area contributed by atoms with Crippen LogP contribution in [0.2, 0.25) is 0 Å². The van der Waals surface area contributed by atoms with Crippen molar-refractivity contribution in [2.75, 3.05) is 11.9 Å². The molecule has 2 N–H and O–H groups in total. The fraction of sp³-hybridized carbons (Fsp3) is 0.385. The Morgan fingerprint density at radius 1 is 1.56 bits per heavy atom. The van der Waals surface area contributed by atoms with Crippen LogP contribution in [0.1, 0.15) is 25.8 Å². The van der Waals surface area contributed by atoms with Gasteiger partial charge in [0.1, 0.15) is 6.07 Å². The van der Waals surface area contributed by atoms with Crippen LogP contribution in [0.5, 0.6) is 0 Å². The van der Waals surface area contributed by atoms with Crippen molar-refractivity contribution >= 4 is 27.6 Å². The van der Waals surface area contributed by atoms with Gasteiger partial charge in [-0.1, -0.05) is 15.9 Å². The largest absolute Gasteiger partial charge is 0.481 e. The fourth-order valence-corrected chi connectivity index (χ4v) is 1.74. The molecule has 0 aliphatic carbocycles. The molecule has 0 aliphatic heterocycles. The second-order valence-electron chi connectivity index (χ2n) is 4.67. The number of nitriles is 1. The molecule has 0 saturated carbocycles. The van der Waals surface area contributed by atoms with Crippen molar-refractivity contribution in [3.63, 3.8) is 0 Å². The van der Waals surface area contributed by atoms with E-state index in [2.05, 4.69) is 27.3 Å². The zero-order chi connectivity index (χ0) is 13.8. The van der Waals surface area contributed by atoms with Crippen LogP contribution in [0.25, 0.3) is 0 Å². The quantitative estimate of drug-likeness (QED) is 0.875. The minimum atomic E-state index is -0.819. The number of hydrogen-bond donors (Lipinski definition) is 2. The number of rotatable bonds is 5. The van der Waals surface area contributed by atoms with Gasteiger partial charge in [-0.05, 0) is 38.5 Å². The van der Waals surface area contributed by atoms with E-state index in [1.165, 1.54) is 0 Å². The highest BCUT2D eigenvalue weighted by Gasteiger charge is 2.26. The predicted octanol–water partition coefficient (Wildman–Crippen LogP) is 3.23.